The van der Waals surface area contributed by atoms with Gasteiger partial charge in [-0.05, 0) is 55.5 Å². The van der Waals surface area contributed by atoms with Gasteiger partial charge in [-0.15, -0.1) is 0 Å². The molecule has 2 aromatic carbocycles. The molecule has 1 atom stereocenters. The van der Waals surface area contributed by atoms with Gasteiger partial charge in [0.15, 0.2) is 17.4 Å². The third-order valence-corrected chi connectivity index (χ3v) is 5.94. The highest BCUT2D eigenvalue weighted by Crippen LogP contribution is 2.31. The second-order valence-corrected chi connectivity index (χ2v) is 8.39. The Bertz CT molecular complexity index is 1190. The number of piperidine rings is 1. The lowest BCUT2D eigenvalue weighted by molar-refractivity contribution is 0.281. The van der Waals surface area contributed by atoms with Gasteiger partial charge < -0.3 is 14.4 Å². The molecule has 1 fully saturated rings. The number of anilines is 1. The quantitative estimate of drug-likeness (QED) is 0.589. The van der Waals surface area contributed by atoms with Crippen LogP contribution in [0, 0.1) is 24.5 Å². The number of rotatable bonds is 5. The molecule has 6 nitrogen and oxygen atoms in total. The predicted octanol–water partition coefficient (Wildman–Crippen LogP) is 4.43. The topological polar surface area (TPSA) is 56.6 Å². The van der Waals surface area contributed by atoms with Gasteiger partial charge in [-0.25, -0.2) is 13.6 Å². The maximum Gasteiger partial charge on any atom is 0.352 e. The summed E-state index contributed by atoms with van der Waals surface area (Å²) < 4.78 is 41.8. The molecule has 1 unspecified atom stereocenters. The molecular weight excluding hydrogens is 416 g/mol. The minimum Gasteiger partial charge on any atom is -0.473 e. The van der Waals surface area contributed by atoms with Gasteiger partial charge in [-0.1, -0.05) is 17.7 Å². The lowest BCUT2D eigenvalue weighted by Crippen LogP contribution is -2.46. The standard InChI is InChI=1S/C24H23F2N3O3/c1-15-4-6-18(7-5-15)32-23-19(25)9-17(10-20(23)26)14-31-21-11-22-28-8-2-3-16(12-28)13-29(22)24(30)27-21/h4-7,9-11,16H,2-3,8,12-14H2,1H3. The second-order valence-electron chi connectivity index (χ2n) is 8.39. The smallest absolute Gasteiger partial charge is 0.352 e. The number of aryl methyl sites for hydroxylation is 1. The largest absolute Gasteiger partial charge is 0.473 e. The van der Waals surface area contributed by atoms with E-state index in [1.54, 1.807) is 34.9 Å². The van der Waals surface area contributed by atoms with Gasteiger partial charge in [0.05, 0.1) is 0 Å². The Morgan fingerprint density at radius 1 is 1.09 bits per heavy atom. The average molecular weight is 439 g/mol. The van der Waals surface area contributed by atoms with Gasteiger partial charge in [-0.2, -0.15) is 4.98 Å². The van der Waals surface area contributed by atoms with E-state index in [-0.39, 0.29) is 23.7 Å². The van der Waals surface area contributed by atoms with Gasteiger partial charge in [-0.3, -0.25) is 4.57 Å². The molecule has 8 heteroatoms. The molecule has 2 bridgehead atoms. The number of ether oxygens (including phenoxy) is 2. The highest BCUT2D eigenvalue weighted by molar-refractivity contribution is 5.44. The van der Waals surface area contributed by atoms with Gasteiger partial charge >= 0.3 is 5.69 Å². The molecule has 5 rings (SSSR count). The van der Waals surface area contributed by atoms with Crippen molar-refractivity contribution in [2.75, 3.05) is 18.0 Å². The number of nitrogens with zero attached hydrogens (tertiary/aromatic N) is 3. The maximum absolute atomic E-state index is 14.5. The van der Waals surface area contributed by atoms with Crippen LogP contribution in [0.4, 0.5) is 14.6 Å². The number of halogens is 2. The first kappa shape index (κ1) is 20.5. The first-order valence-corrected chi connectivity index (χ1v) is 10.7. The van der Waals surface area contributed by atoms with Crippen LogP contribution in [0.1, 0.15) is 24.0 Å². The molecular formula is C24H23F2N3O3. The highest BCUT2D eigenvalue weighted by Gasteiger charge is 2.29. The van der Waals surface area contributed by atoms with Gasteiger partial charge in [0, 0.05) is 25.7 Å². The summed E-state index contributed by atoms with van der Waals surface area (Å²) in [7, 11) is 0. The molecule has 3 aromatic rings. The van der Waals surface area contributed by atoms with Crippen molar-refractivity contribution in [3.63, 3.8) is 0 Å². The van der Waals surface area contributed by atoms with Gasteiger partial charge in [0.25, 0.3) is 0 Å². The fourth-order valence-electron chi connectivity index (χ4n) is 4.34. The average Bonchev–Trinajstić information content (AvgIpc) is 2.77. The van der Waals surface area contributed by atoms with Crippen LogP contribution in [0.15, 0.2) is 47.3 Å². The fraction of sp³-hybridized carbons (Fsp3) is 0.333. The van der Waals surface area contributed by atoms with E-state index in [0.29, 0.717) is 18.2 Å². The Morgan fingerprint density at radius 3 is 2.59 bits per heavy atom. The molecule has 0 saturated carbocycles. The van der Waals surface area contributed by atoms with Crippen LogP contribution in [-0.4, -0.2) is 22.6 Å². The predicted molar refractivity (Wildman–Crippen MR) is 115 cm³/mol. The first-order chi connectivity index (χ1) is 15.5. The van der Waals surface area contributed by atoms with Crippen LogP contribution in [0.3, 0.4) is 0 Å². The monoisotopic (exact) mass is 439 g/mol. The van der Waals surface area contributed by atoms with Crippen LogP contribution in [-0.2, 0) is 13.2 Å². The number of hydrogen-bond donors (Lipinski definition) is 0. The lowest BCUT2D eigenvalue weighted by Gasteiger charge is -2.40. The summed E-state index contributed by atoms with van der Waals surface area (Å²) in [6.45, 7) is 4.25. The molecule has 2 aliphatic rings. The van der Waals surface area contributed by atoms with E-state index in [2.05, 4.69) is 9.88 Å². The summed E-state index contributed by atoms with van der Waals surface area (Å²) in [5.41, 5.74) is 0.920. The molecule has 0 N–H and O–H groups in total. The highest BCUT2D eigenvalue weighted by atomic mass is 19.1. The Kier molecular flexibility index (Phi) is 5.28. The van der Waals surface area contributed by atoms with Crippen molar-refractivity contribution in [2.45, 2.75) is 32.9 Å². The van der Waals surface area contributed by atoms with E-state index in [0.717, 1.165) is 49.4 Å². The molecule has 3 heterocycles. The van der Waals surface area contributed by atoms with Crippen LogP contribution < -0.4 is 20.1 Å². The van der Waals surface area contributed by atoms with Crippen LogP contribution in [0.5, 0.6) is 17.4 Å². The van der Waals surface area contributed by atoms with Crippen molar-refractivity contribution in [3.8, 4) is 17.4 Å². The van der Waals surface area contributed by atoms with Crippen LogP contribution in [0.2, 0.25) is 0 Å². The Balaban J connectivity index is 1.32. The molecule has 166 valence electrons. The van der Waals surface area contributed by atoms with E-state index >= 15 is 0 Å². The van der Waals surface area contributed by atoms with E-state index in [9.17, 15) is 13.6 Å². The van der Waals surface area contributed by atoms with E-state index < -0.39 is 17.4 Å². The summed E-state index contributed by atoms with van der Waals surface area (Å²) in [5.74, 6) is -0.391. The molecule has 1 saturated heterocycles. The van der Waals surface area contributed by atoms with Crippen molar-refractivity contribution in [1.82, 2.24) is 9.55 Å². The third kappa shape index (κ3) is 4.04. The summed E-state index contributed by atoms with van der Waals surface area (Å²) in [4.78, 5) is 18.7. The summed E-state index contributed by atoms with van der Waals surface area (Å²) >= 11 is 0. The zero-order chi connectivity index (χ0) is 22.2. The Hall–Kier alpha value is -3.42. The zero-order valence-corrected chi connectivity index (χ0v) is 17.7. The van der Waals surface area contributed by atoms with Crippen molar-refractivity contribution in [1.29, 1.82) is 0 Å². The van der Waals surface area contributed by atoms with Crippen molar-refractivity contribution in [2.24, 2.45) is 5.92 Å². The number of aromatic nitrogens is 2. The zero-order valence-electron chi connectivity index (χ0n) is 17.7. The summed E-state index contributed by atoms with van der Waals surface area (Å²) in [5, 5.41) is 0. The normalized spacial score (nSPS) is 17.1. The molecule has 0 radical (unpaired) electrons. The second kappa shape index (κ2) is 8.26. The minimum absolute atomic E-state index is 0.128. The maximum atomic E-state index is 14.5. The van der Waals surface area contributed by atoms with Crippen molar-refractivity contribution in [3.05, 3.63) is 75.7 Å². The van der Waals surface area contributed by atoms with Gasteiger partial charge in [0.2, 0.25) is 5.88 Å². The van der Waals surface area contributed by atoms with E-state index in [4.69, 9.17) is 9.47 Å². The number of fused-ring (bicyclic) bond motifs is 4. The molecule has 32 heavy (non-hydrogen) atoms. The summed E-state index contributed by atoms with van der Waals surface area (Å²) in [6, 6.07) is 10.9. The third-order valence-electron chi connectivity index (χ3n) is 5.94. The van der Waals surface area contributed by atoms with Crippen molar-refractivity contribution < 1.29 is 18.3 Å². The molecule has 0 spiro atoms. The first-order valence-electron chi connectivity index (χ1n) is 10.7. The Morgan fingerprint density at radius 2 is 1.84 bits per heavy atom. The fourth-order valence-corrected chi connectivity index (χ4v) is 4.34. The molecule has 2 aliphatic heterocycles. The van der Waals surface area contributed by atoms with Gasteiger partial charge in [0.1, 0.15) is 18.2 Å². The van der Waals surface area contributed by atoms with Crippen LogP contribution in [0.25, 0.3) is 0 Å². The van der Waals surface area contributed by atoms with E-state index in [1.165, 1.54) is 0 Å². The minimum atomic E-state index is -0.831. The number of hydrogen-bond acceptors (Lipinski definition) is 5. The Labute approximate surface area is 184 Å². The van der Waals surface area contributed by atoms with E-state index in [1.807, 2.05) is 6.92 Å². The molecule has 0 aliphatic carbocycles. The number of benzene rings is 2. The van der Waals surface area contributed by atoms with Crippen molar-refractivity contribution >= 4 is 5.82 Å². The lowest BCUT2D eigenvalue weighted by atomic mass is 9.96. The SMILES string of the molecule is Cc1ccc(Oc2c(F)cc(COc3cc4n(c(=O)n3)CC3CCCN4C3)cc2F)cc1. The van der Waals surface area contributed by atoms with Crippen LogP contribution >= 0.6 is 0 Å². The molecule has 0 amide bonds. The summed E-state index contributed by atoms with van der Waals surface area (Å²) in [6.07, 6.45) is 2.20. The molecule has 1 aromatic heterocycles.